The zero-order valence-corrected chi connectivity index (χ0v) is 18.9. The van der Waals surface area contributed by atoms with Crippen molar-refractivity contribution in [1.82, 2.24) is 20.1 Å². The number of H-pyrrole nitrogens is 1. The smallest absolute Gasteiger partial charge is 0.253 e. The molecule has 0 fully saturated rings. The summed E-state index contributed by atoms with van der Waals surface area (Å²) in [5, 5.41) is 4.83. The molecule has 0 saturated carbocycles. The first-order chi connectivity index (χ1) is 14.5. The Labute approximate surface area is 183 Å². The summed E-state index contributed by atoms with van der Waals surface area (Å²) in [6.07, 6.45) is 0.984. The van der Waals surface area contributed by atoms with Crippen LogP contribution < -0.4 is 20.3 Å². The second-order valence-electron chi connectivity index (χ2n) is 7.34. The molecule has 0 amide bonds. The van der Waals surface area contributed by atoms with Gasteiger partial charge in [-0.05, 0) is 57.3 Å². The summed E-state index contributed by atoms with van der Waals surface area (Å²) in [5.74, 6) is 1.38. The number of pyridine rings is 1. The van der Waals surface area contributed by atoms with E-state index in [1.807, 2.05) is 25.1 Å². The molecule has 2 aromatic rings. The fourth-order valence-corrected chi connectivity index (χ4v) is 3.95. The lowest BCUT2D eigenvalue weighted by Gasteiger charge is -2.27. The van der Waals surface area contributed by atoms with Crippen molar-refractivity contribution in [1.29, 1.82) is 0 Å². The van der Waals surface area contributed by atoms with Crippen molar-refractivity contribution in [3.8, 4) is 11.5 Å². The Kier molecular flexibility index (Phi) is 7.93. The van der Waals surface area contributed by atoms with E-state index >= 15 is 0 Å². The van der Waals surface area contributed by atoms with E-state index in [1.54, 1.807) is 0 Å². The SMILES string of the molecule is CCNC(=S)N(CCCN(CC)CC)Cc1cc2cc3c(cc2[nH]c1=O)OCCO3. The Balaban J connectivity index is 1.80. The number of hydrogen-bond acceptors (Lipinski definition) is 5. The number of nitrogens with one attached hydrogen (secondary N) is 2. The molecule has 0 spiro atoms. The number of aromatic nitrogens is 1. The van der Waals surface area contributed by atoms with Crippen molar-refractivity contribution < 1.29 is 9.47 Å². The summed E-state index contributed by atoms with van der Waals surface area (Å²) in [5.41, 5.74) is 1.32. The standard InChI is InChI=1S/C22H32N4O3S/c1-4-23-22(30)26(9-7-8-25(5-2)6-3)15-17-12-16-13-19-20(29-11-10-28-19)14-18(16)24-21(17)27/h12-14H,4-11,15H2,1-3H3,(H,23,30)(H,24,27). The van der Waals surface area contributed by atoms with Crippen molar-refractivity contribution in [3.63, 3.8) is 0 Å². The van der Waals surface area contributed by atoms with Gasteiger partial charge in [-0.3, -0.25) is 4.79 Å². The normalized spacial score (nSPS) is 12.9. The molecule has 0 aliphatic carbocycles. The first-order valence-electron chi connectivity index (χ1n) is 10.8. The number of ether oxygens (including phenoxy) is 2. The molecule has 1 aromatic heterocycles. The largest absolute Gasteiger partial charge is 0.486 e. The number of benzene rings is 1. The predicted molar refractivity (Wildman–Crippen MR) is 125 cm³/mol. The average molecular weight is 433 g/mol. The summed E-state index contributed by atoms with van der Waals surface area (Å²) < 4.78 is 11.3. The number of rotatable bonds is 9. The predicted octanol–water partition coefficient (Wildman–Crippen LogP) is 2.73. The molecule has 2 N–H and O–H groups in total. The lowest BCUT2D eigenvalue weighted by Crippen LogP contribution is -2.41. The van der Waals surface area contributed by atoms with Crippen LogP contribution in [0.2, 0.25) is 0 Å². The van der Waals surface area contributed by atoms with Crippen LogP contribution in [-0.4, -0.2) is 65.8 Å². The van der Waals surface area contributed by atoms with E-state index in [2.05, 4.69) is 33.9 Å². The van der Waals surface area contributed by atoms with E-state index in [0.717, 1.165) is 50.0 Å². The number of fused-ring (bicyclic) bond motifs is 2. The first kappa shape index (κ1) is 22.4. The summed E-state index contributed by atoms with van der Waals surface area (Å²) in [6.45, 7) is 12.5. The van der Waals surface area contributed by atoms with Gasteiger partial charge in [0.15, 0.2) is 16.6 Å². The molecule has 164 valence electrons. The van der Waals surface area contributed by atoms with Crippen molar-refractivity contribution in [2.45, 2.75) is 33.7 Å². The van der Waals surface area contributed by atoms with Crippen molar-refractivity contribution in [2.75, 3.05) is 45.9 Å². The summed E-state index contributed by atoms with van der Waals surface area (Å²) in [7, 11) is 0. The zero-order chi connectivity index (χ0) is 21.5. The highest BCUT2D eigenvalue weighted by Crippen LogP contribution is 2.33. The van der Waals surface area contributed by atoms with Gasteiger partial charge < -0.3 is 29.6 Å². The maximum Gasteiger partial charge on any atom is 0.253 e. The second kappa shape index (κ2) is 10.6. The van der Waals surface area contributed by atoms with Gasteiger partial charge in [0.1, 0.15) is 13.2 Å². The summed E-state index contributed by atoms with van der Waals surface area (Å²) in [6, 6.07) is 5.69. The lowest BCUT2D eigenvalue weighted by atomic mass is 10.1. The minimum absolute atomic E-state index is 0.104. The molecular weight excluding hydrogens is 400 g/mol. The average Bonchev–Trinajstić information content (AvgIpc) is 2.75. The molecule has 0 unspecified atom stereocenters. The fraction of sp³-hybridized carbons (Fsp3) is 0.545. The van der Waals surface area contributed by atoms with Crippen LogP contribution in [0, 0.1) is 0 Å². The molecule has 1 aliphatic heterocycles. The summed E-state index contributed by atoms with van der Waals surface area (Å²) in [4.78, 5) is 20.2. The van der Waals surface area contributed by atoms with Gasteiger partial charge in [-0.2, -0.15) is 0 Å². The maximum atomic E-state index is 12.8. The molecule has 0 saturated heterocycles. The van der Waals surface area contributed by atoms with Gasteiger partial charge >= 0.3 is 0 Å². The highest BCUT2D eigenvalue weighted by molar-refractivity contribution is 7.80. The Morgan fingerprint density at radius 2 is 1.80 bits per heavy atom. The van der Waals surface area contributed by atoms with Crippen LogP contribution in [-0.2, 0) is 6.54 Å². The molecule has 8 heteroatoms. The Bertz CT molecular complexity index is 926. The van der Waals surface area contributed by atoms with Gasteiger partial charge in [0.2, 0.25) is 0 Å². The van der Waals surface area contributed by atoms with Gasteiger partial charge in [-0.1, -0.05) is 13.8 Å². The van der Waals surface area contributed by atoms with Crippen LogP contribution in [0.1, 0.15) is 32.8 Å². The maximum absolute atomic E-state index is 12.8. The number of hydrogen-bond donors (Lipinski definition) is 2. The van der Waals surface area contributed by atoms with Crippen LogP contribution >= 0.6 is 12.2 Å². The lowest BCUT2D eigenvalue weighted by molar-refractivity contribution is 0.172. The molecule has 30 heavy (non-hydrogen) atoms. The van der Waals surface area contributed by atoms with Crippen LogP contribution in [0.3, 0.4) is 0 Å². The highest BCUT2D eigenvalue weighted by atomic mass is 32.1. The Hall–Kier alpha value is -2.32. The van der Waals surface area contributed by atoms with Gasteiger partial charge in [0.05, 0.1) is 12.1 Å². The molecule has 1 aromatic carbocycles. The van der Waals surface area contributed by atoms with E-state index in [9.17, 15) is 4.79 Å². The van der Waals surface area contributed by atoms with E-state index in [1.165, 1.54) is 0 Å². The zero-order valence-electron chi connectivity index (χ0n) is 18.1. The highest BCUT2D eigenvalue weighted by Gasteiger charge is 2.16. The number of aromatic amines is 1. The molecule has 0 radical (unpaired) electrons. The molecule has 3 rings (SSSR count). The third kappa shape index (κ3) is 5.43. The fourth-order valence-electron chi connectivity index (χ4n) is 3.65. The minimum atomic E-state index is -0.104. The van der Waals surface area contributed by atoms with Crippen molar-refractivity contribution in [3.05, 3.63) is 34.1 Å². The van der Waals surface area contributed by atoms with Gasteiger partial charge in [-0.25, -0.2) is 0 Å². The monoisotopic (exact) mass is 432 g/mol. The van der Waals surface area contributed by atoms with Crippen LogP contribution in [0.4, 0.5) is 0 Å². The van der Waals surface area contributed by atoms with Crippen LogP contribution in [0.25, 0.3) is 10.9 Å². The minimum Gasteiger partial charge on any atom is -0.486 e. The van der Waals surface area contributed by atoms with E-state index < -0.39 is 0 Å². The second-order valence-corrected chi connectivity index (χ2v) is 7.73. The number of nitrogens with zero attached hydrogens (tertiary/aromatic N) is 2. The Morgan fingerprint density at radius 1 is 1.10 bits per heavy atom. The van der Waals surface area contributed by atoms with Gasteiger partial charge in [-0.15, -0.1) is 0 Å². The third-order valence-corrected chi connectivity index (χ3v) is 5.76. The van der Waals surface area contributed by atoms with Gasteiger partial charge in [0, 0.05) is 30.1 Å². The molecule has 2 heterocycles. The van der Waals surface area contributed by atoms with Crippen molar-refractivity contribution in [2.24, 2.45) is 0 Å². The van der Waals surface area contributed by atoms with Crippen LogP contribution in [0.5, 0.6) is 11.5 Å². The van der Waals surface area contributed by atoms with E-state index in [-0.39, 0.29) is 5.56 Å². The topological polar surface area (TPSA) is 69.8 Å². The molecule has 7 nitrogen and oxygen atoms in total. The third-order valence-electron chi connectivity index (χ3n) is 5.36. The quantitative estimate of drug-likeness (QED) is 0.591. The summed E-state index contributed by atoms with van der Waals surface area (Å²) >= 11 is 5.58. The molecular formula is C22H32N4O3S. The van der Waals surface area contributed by atoms with E-state index in [4.69, 9.17) is 21.7 Å². The van der Waals surface area contributed by atoms with Crippen molar-refractivity contribution >= 4 is 28.2 Å². The van der Waals surface area contributed by atoms with E-state index in [0.29, 0.717) is 41.9 Å². The first-order valence-corrected chi connectivity index (χ1v) is 11.2. The number of thiocarbonyl (C=S) groups is 1. The molecule has 0 atom stereocenters. The molecule has 0 bridgehead atoms. The molecule has 1 aliphatic rings. The van der Waals surface area contributed by atoms with Gasteiger partial charge in [0.25, 0.3) is 5.56 Å². The van der Waals surface area contributed by atoms with Crippen LogP contribution in [0.15, 0.2) is 23.0 Å². The Morgan fingerprint density at radius 3 is 2.47 bits per heavy atom.